The molecule has 0 aromatic heterocycles. The fourth-order valence-corrected chi connectivity index (χ4v) is 3.74. The Morgan fingerprint density at radius 2 is 1.60 bits per heavy atom. The summed E-state index contributed by atoms with van der Waals surface area (Å²) in [5.41, 5.74) is 0.794. The zero-order valence-electron chi connectivity index (χ0n) is 16.0. The van der Waals surface area contributed by atoms with E-state index < -0.39 is 15.8 Å². The molecule has 0 bridgehead atoms. The maximum absolute atomic E-state index is 13.5. The topological polar surface area (TPSA) is 84.5 Å². The van der Waals surface area contributed by atoms with E-state index >= 15 is 0 Å². The summed E-state index contributed by atoms with van der Waals surface area (Å²) in [4.78, 5) is 12.3. The largest absolute Gasteiger partial charge is 0.491 e. The van der Waals surface area contributed by atoms with Crippen molar-refractivity contribution in [1.29, 1.82) is 0 Å². The molecule has 0 spiro atoms. The van der Waals surface area contributed by atoms with Gasteiger partial charge >= 0.3 is 0 Å². The number of rotatable bonds is 9. The maximum atomic E-state index is 13.5. The summed E-state index contributed by atoms with van der Waals surface area (Å²) < 4.78 is 46.1. The van der Waals surface area contributed by atoms with Crippen LogP contribution in [0.2, 0.25) is 0 Å². The van der Waals surface area contributed by atoms with Crippen LogP contribution in [-0.4, -0.2) is 20.9 Å². The van der Waals surface area contributed by atoms with Gasteiger partial charge in [-0.25, -0.2) is 12.8 Å². The van der Waals surface area contributed by atoms with Crippen LogP contribution in [0, 0.1) is 5.82 Å². The average molecular weight is 428 g/mol. The fourth-order valence-electron chi connectivity index (χ4n) is 2.67. The first-order valence-electron chi connectivity index (χ1n) is 9.29. The molecule has 3 rings (SSSR count). The van der Waals surface area contributed by atoms with Crippen LogP contribution < -0.4 is 14.8 Å². The third-order valence-electron chi connectivity index (χ3n) is 4.09. The molecule has 0 aliphatic rings. The molecule has 0 aliphatic heterocycles. The lowest BCUT2D eigenvalue weighted by Gasteiger charge is -2.11. The van der Waals surface area contributed by atoms with E-state index in [0.29, 0.717) is 17.8 Å². The van der Waals surface area contributed by atoms with Crippen LogP contribution in [0.5, 0.6) is 5.75 Å². The molecule has 2 N–H and O–H groups in total. The Labute approximate surface area is 174 Å². The van der Waals surface area contributed by atoms with Gasteiger partial charge in [0.15, 0.2) is 11.6 Å². The molecule has 3 aromatic rings. The summed E-state index contributed by atoms with van der Waals surface area (Å²) in [5.74, 6) is -0.553. The van der Waals surface area contributed by atoms with Crippen molar-refractivity contribution >= 4 is 27.3 Å². The zero-order chi connectivity index (χ0) is 21.4. The minimum atomic E-state index is -3.72. The van der Waals surface area contributed by atoms with Crippen molar-refractivity contribution in [3.05, 3.63) is 84.7 Å². The molecule has 0 saturated carbocycles. The Bertz CT molecular complexity index is 1100. The monoisotopic (exact) mass is 428 g/mol. The predicted molar refractivity (Wildman–Crippen MR) is 113 cm³/mol. The summed E-state index contributed by atoms with van der Waals surface area (Å²) in [7, 11) is -3.72. The molecule has 0 unspecified atom stereocenters. The molecule has 3 aromatic carbocycles. The highest BCUT2D eigenvalue weighted by molar-refractivity contribution is 7.92. The summed E-state index contributed by atoms with van der Waals surface area (Å²) >= 11 is 0. The zero-order valence-corrected chi connectivity index (χ0v) is 16.9. The number of hydrogen-bond acceptors (Lipinski definition) is 4. The first-order chi connectivity index (χ1) is 14.4. The summed E-state index contributed by atoms with van der Waals surface area (Å²) in [6, 6.07) is 20.5. The third-order valence-corrected chi connectivity index (χ3v) is 5.49. The molecular formula is C22H21FN2O4S. The molecule has 30 heavy (non-hydrogen) atoms. The van der Waals surface area contributed by atoms with Crippen LogP contribution in [0.1, 0.15) is 12.8 Å². The summed E-state index contributed by atoms with van der Waals surface area (Å²) in [5, 5.41) is 2.71. The summed E-state index contributed by atoms with van der Waals surface area (Å²) in [6.45, 7) is 0.200. The van der Waals surface area contributed by atoms with E-state index in [9.17, 15) is 17.6 Å². The Morgan fingerprint density at radius 3 is 2.37 bits per heavy atom. The van der Waals surface area contributed by atoms with E-state index in [-0.39, 0.29) is 29.6 Å². The second kappa shape index (κ2) is 9.89. The molecule has 0 aliphatic carbocycles. The highest BCUT2D eigenvalue weighted by Crippen LogP contribution is 2.20. The van der Waals surface area contributed by atoms with Crippen molar-refractivity contribution in [2.45, 2.75) is 17.7 Å². The van der Waals surface area contributed by atoms with Gasteiger partial charge in [0.1, 0.15) is 0 Å². The smallest absolute Gasteiger partial charge is 0.261 e. The molecule has 8 heteroatoms. The quantitative estimate of drug-likeness (QED) is 0.494. The average Bonchev–Trinajstić information content (AvgIpc) is 2.73. The molecular weight excluding hydrogens is 407 g/mol. The lowest BCUT2D eigenvalue weighted by molar-refractivity contribution is -0.116. The lowest BCUT2D eigenvalue weighted by Crippen LogP contribution is -2.15. The van der Waals surface area contributed by atoms with Crippen molar-refractivity contribution in [3.63, 3.8) is 0 Å². The van der Waals surface area contributed by atoms with E-state index in [0.717, 1.165) is 0 Å². The predicted octanol–water partition coefficient (Wildman–Crippen LogP) is 4.42. The number of amides is 1. The van der Waals surface area contributed by atoms with E-state index in [1.807, 2.05) is 0 Å². The molecule has 1 amide bonds. The van der Waals surface area contributed by atoms with E-state index in [4.69, 9.17) is 4.74 Å². The van der Waals surface area contributed by atoms with E-state index in [1.54, 1.807) is 48.5 Å². The third kappa shape index (κ3) is 6.05. The second-order valence-electron chi connectivity index (χ2n) is 6.43. The number of para-hydroxylation sites is 1. The van der Waals surface area contributed by atoms with Gasteiger partial charge < -0.3 is 10.1 Å². The molecule has 6 nitrogen and oxygen atoms in total. The van der Waals surface area contributed by atoms with Crippen molar-refractivity contribution < 1.29 is 22.3 Å². The van der Waals surface area contributed by atoms with Crippen molar-refractivity contribution in [2.24, 2.45) is 0 Å². The molecule has 0 saturated heterocycles. The van der Waals surface area contributed by atoms with Crippen LogP contribution in [-0.2, 0) is 14.8 Å². The number of hydrogen-bond donors (Lipinski definition) is 2. The van der Waals surface area contributed by atoms with Gasteiger partial charge in [0.25, 0.3) is 10.0 Å². The second-order valence-corrected chi connectivity index (χ2v) is 8.11. The minimum absolute atomic E-state index is 0.147. The van der Waals surface area contributed by atoms with E-state index in [2.05, 4.69) is 10.0 Å². The number of carbonyl (C=O) groups is 1. The van der Waals surface area contributed by atoms with Gasteiger partial charge in [-0.05, 0) is 48.9 Å². The number of carbonyl (C=O) groups excluding carboxylic acids is 1. The van der Waals surface area contributed by atoms with Gasteiger partial charge in [0.2, 0.25) is 5.91 Å². The first-order valence-corrected chi connectivity index (χ1v) is 10.8. The van der Waals surface area contributed by atoms with Crippen LogP contribution in [0.25, 0.3) is 0 Å². The van der Waals surface area contributed by atoms with Crippen molar-refractivity contribution in [2.75, 3.05) is 16.6 Å². The number of nitrogens with one attached hydrogen (secondary N) is 2. The van der Waals surface area contributed by atoms with Gasteiger partial charge in [-0.3, -0.25) is 9.52 Å². The number of ether oxygens (including phenoxy) is 1. The maximum Gasteiger partial charge on any atom is 0.261 e. The SMILES string of the molecule is O=C(CCCOc1ccccc1F)Nc1cccc(NS(=O)(=O)c2ccccc2)c1. The number of anilines is 2. The van der Waals surface area contributed by atoms with Gasteiger partial charge in [-0.1, -0.05) is 36.4 Å². The molecule has 156 valence electrons. The standard InChI is InChI=1S/C22H21FN2O4S/c23-20-12-4-5-13-21(20)29-15-7-14-22(26)24-17-8-6-9-18(16-17)25-30(27,28)19-10-2-1-3-11-19/h1-6,8-13,16,25H,7,14-15H2,(H,24,26). The van der Waals surface area contributed by atoms with Gasteiger partial charge in [0, 0.05) is 12.1 Å². The van der Waals surface area contributed by atoms with Crippen LogP contribution in [0.3, 0.4) is 0 Å². The van der Waals surface area contributed by atoms with Crippen LogP contribution in [0.4, 0.5) is 15.8 Å². The highest BCUT2D eigenvalue weighted by Gasteiger charge is 2.13. The highest BCUT2D eigenvalue weighted by atomic mass is 32.2. The fraction of sp³-hybridized carbons (Fsp3) is 0.136. The lowest BCUT2D eigenvalue weighted by atomic mass is 10.2. The number of halogens is 1. The Morgan fingerprint density at radius 1 is 0.900 bits per heavy atom. The van der Waals surface area contributed by atoms with Crippen LogP contribution >= 0.6 is 0 Å². The Kier molecular flexibility index (Phi) is 7.03. The number of benzene rings is 3. The Balaban J connectivity index is 1.51. The van der Waals surface area contributed by atoms with E-state index in [1.165, 1.54) is 30.3 Å². The minimum Gasteiger partial charge on any atom is -0.491 e. The molecule has 0 fully saturated rings. The van der Waals surface area contributed by atoms with Gasteiger partial charge in [0.05, 0.1) is 17.2 Å². The van der Waals surface area contributed by atoms with Gasteiger partial charge in [-0.2, -0.15) is 0 Å². The summed E-state index contributed by atoms with van der Waals surface area (Å²) in [6.07, 6.45) is 0.578. The Hall–Kier alpha value is -3.39. The molecule has 0 heterocycles. The van der Waals surface area contributed by atoms with Crippen LogP contribution in [0.15, 0.2) is 83.8 Å². The van der Waals surface area contributed by atoms with Gasteiger partial charge in [-0.15, -0.1) is 0 Å². The number of sulfonamides is 1. The molecule has 0 radical (unpaired) electrons. The molecule has 0 atom stereocenters. The van der Waals surface area contributed by atoms with Crippen molar-refractivity contribution in [3.8, 4) is 5.75 Å². The first kappa shape index (κ1) is 21.3. The van der Waals surface area contributed by atoms with Crippen molar-refractivity contribution in [1.82, 2.24) is 0 Å². The normalized spacial score (nSPS) is 11.0.